The molecule has 5 rings (SSSR count). The fourth-order valence-electron chi connectivity index (χ4n) is 4.43. The molecule has 3 heterocycles. The highest BCUT2D eigenvalue weighted by Crippen LogP contribution is 2.45. The van der Waals surface area contributed by atoms with E-state index >= 15 is 0 Å². The number of halogens is 1. The number of nitrogens with two attached hydrogens (primary N) is 1. The zero-order valence-electron chi connectivity index (χ0n) is 21.6. The molecule has 0 aliphatic carbocycles. The Balaban J connectivity index is 1.60. The fraction of sp³-hybridized carbons (Fsp3) is 0.233. The van der Waals surface area contributed by atoms with Gasteiger partial charge >= 0.3 is 0 Å². The van der Waals surface area contributed by atoms with Gasteiger partial charge in [0.1, 0.15) is 11.6 Å². The van der Waals surface area contributed by atoms with Crippen LogP contribution in [0.25, 0.3) is 32.7 Å². The van der Waals surface area contributed by atoms with Crippen LogP contribution in [0, 0.1) is 6.92 Å². The third-order valence-corrected chi connectivity index (χ3v) is 7.43. The van der Waals surface area contributed by atoms with Crippen LogP contribution < -0.4 is 15.8 Å². The van der Waals surface area contributed by atoms with E-state index in [1.807, 2.05) is 62.4 Å². The zero-order chi connectivity index (χ0) is 26.6. The summed E-state index contributed by atoms with van der Waals surface area (Å²) in [4.78, 5) is 15.2. The van der Waals surface area contributed by atoms with Gasteiger partial charge in [-0.25, -0.2) is 9.97 Å². The van der Waals surface area contributed by atoms with E-state index in [2.05, 4.69) is 29.4 Å². The van der Waals surface area contributed by atoms with Crippen molar-refractivity contribution >= 4 is 39.0 Å². The lowest BCUT2D eigenvalue weighted by atomic mass is 10.0. The first-order valence-corrected chi connectivity index (χ1v) is 13.8. The third-order valence-electron chi connectivity index (χ3n) is 6.09. The average molecular weight is 544 g/mol. The fourth-order valence-corrected chi connectivity index (χ4v) is 5.67. The van der Waals surface area contributed by atoms with Crippen molar-refractivity contribution in [1.29, 1.82) is 0 Å². The van der Waals surface area contributed by atoms with E-state index in [-0.39, 0.29) is 12.1 Å². The Morgan fingerprint density at radius 1 is 1.03 bits per heavy atom. The smallest absolute Gasteiger partial charge is 0.162 e. The quantitative estimate of drug-likeness (QED) is 0.205. The number of benzene rings is 2. The maximum absolute atomic E-state index is 6.51. The molecule has 0 aliphatic heterocycles. The van der Waals surface area contributed by atoms with Crippen molar-refractivity contribution in [2.45, 2.75) is 39.3 Å². The molecular formula is C30H30ClN5OS. The monoisotopic (exact) mass is 543 g/mol. The molecule has 1 atom stereocenters. The van der Waals surface area contributed by atoms with Crippen LogP contribution in [0.1, 0.15) is 24.3 Å². The van der Waals surface area contributed by atoms with E-state index < -0.39 is 0 Å². The van der Waals surface area contributed by atoms with Crippen LogP contribution in [0.15, 0.2) is 73.1 Å². The third kappa shape index (κ3) is 5.80. The molecule has 6 nitrogen and oxygen atoms in total. The van der Waals surface area contributed by atoms with Gasteiger partial charge < -0.3 is 15.8 Å². The second kappa shape index (κ2) is 11.5. The molecule has 0 amide bonds. The van der Waals surface area contributed by atoms with E-state index in [9.17, 15) is 0 Å². The van der Waals surface area contributed by atoms with Crippen LogP contribution in [-0.4, -0.2) is 33.6 Å². The number of nitrogens with one attached hydrogen (secondary N) is 1. The van der Waals surface area contributed by atoms with Crippen molar-refractivity contribution in [3.8, 4) is 28.3 Å². The average Bonchev–Trinajstić information content (AvgIpc) is 3.24. The number of anilines is 1. The van der Waals surface area contributed by atoms with Gasteiger partial charge in [-0.1, -0.05) is 41.9 Å². The van der Waals surface area contributed by atoms with Crippen LogP contribution in [0.4, 0.5) is 5.82 Å². The van der Waals surface area contributed by atoms with Crippen LogP contribution >= 0.6 is 22.9 Å². The molecule has 0 radical (unpaired) electrons. The standard InChI is InChI=1S/C30H30ClN5OS/c1-18(2)37-25-10-9-22(31)16-24(25)26-19(3)38-28-27(26)35-29(21-11-13-33-14-12-21)36-30(28)34-17-23(32)15-20-7-5-4-6-8-20/h4-14,16,18,23H,15,17,32H2,1-3H3,(H,34,35,36). The summed E-state index contributed by atoms with van der Waals surface area (Å²) in [7, 11) is 0. The molecule has 3 N–H and O–H groups in total. The van der Waals surface area contributed by atoms with Crippen LogP contribution in [0.2, 0.25) is 5.02 Å². The van der Waals surface area contributed by atoms with E-state index in [0.717, 1.165) is 49.8 Å². The van der Waals surface area contributed by atoms with Crippen molar-refractivity contribution in [1.82, 2.24) is 15.0 Å². The summed E-state index contributed by atoms with van der Waals surface area (Å²) in [5.41, 5.74) is 11.4. The Morgan fingerprint density at radius 2 is 1.79 bits per heavy atom. The normalized spacial score (nSPS) is 12.2. The van der Waals surface area contributed by atoms with E-state index in [1.165, 1.54) is 5.56 Å². The number of rotatable bonds is 9. The van der Waals surface area contributed by atoms with Crippen molar-refractivity contribution < 1.29 is 4.74 Å². The number of hydrogen-bond donors (Lipinski definition) is 2. The Kier molecular flexibility index (Phi) is 7.88. The molecule has 2 aromatic carbocycles. The van der Waals surface area contributed by atoms with Crippen LogP contribution in [-0.2, 0) is 6.42 Å². The highest BCUT2D eigenvalue weighted by molar-refractivity contribution is 7.20. The minimum Gasteiger partial charge on any atom is -0.490 e. The topological polar surface area (TPSA) is 86.0 Å². The van der Waals surface area contributed by atoms with Gasteiger partial charge in [0.2, 0.25) is 0 Å². The molecule has 5 aromatic rings. The first-order valence-electron chi connectivity index (χ1n) is 12.6. The van der Waals surface area contributed by atoms with E-state index in [4.69, 9.17) is 32.0 Å². The number of pyridine rings is 1. The Hall–Kier alpha value is -3.52. The van der Waals surface area contributed by atoms with Gasteiger partial charge in [0.05, 0.1) is 16.3 Å². The second-order valence-electron chi connectivity index (χ2n) is 9.48. The summed E-state index contributed by atoms with van der Waals surface area (Å²) >= 11 is 8.12. The molecule has 0 fully saturated rings. The Morgan fingerprint density at radius 3 is 2.53 bits per heavy atom. The first-order chi connectivity index (χ1) is 18.4. The molecule has 3 aromatic heterocycles. The number of thiophene rings is 1. The largest absolute Gasteiger partial charge is 0.490 e. The maximum Gasteiger partial charge on any atom is 0.162 e. The molecule has 38 heavy (non-hydrogen) atoms. The van der Waals surface area contributed by atoms with E-state index in [1.54, 1.807) is 23.7 Å². The van der Waals surface area contributed by atoms with Gasteiger partial charge in [-0.05, 0) is 63.1 Å². The Bertz CT molecular complexity index is 1540. The Labute approximate surface area is 231 Å². The molecular weight excluding hydrogens is 514 g/mol. The van der Waals surface area contributed by atoms with Crippen LogP contribution in [0.5, 0.6) is 5.75 Å². The first kappa shape index (κ1) is 26.1. The van der Waals surface area contributed by atoms with E-state index in [0.29, 0.717) is 17.4 Å². The number of hydrogen-bond acceptors (Lipinski definition) is 7. The second-order valence-corrected chi connectivity index (χ2v) is 11.1. The number of fused-ring (bicyclic) bond motifs is 1. The number of nitrogens with zero attached hydrogens (tertiary/aromatic N) is 3. The predicted molar refractivity (Wildman–Crippen MR) is 158 cm³/mol. The van der Waals surface area contributed by atoms with Gasteiger partial charge in [-0.3, -0.25) is 4.98 Å². The number of aromatic nitrogens is 3. The lowest BCUT2D eigenvalue weighted by Gasteiger charge is -2.16. The minimum absolute atomic E-state index is 0.0190. The predicted octanol–water partition coefficient (Wildman–Crippen LogP) is 7.15. The van der Waals surface area contributed by atoms with Gasteiger partial charge in [0.25, 0.3) is 0 Å². The van der Waals surface area contributed by atoms with Gasteiger partial charge in [0.15, 0.2) is 5.82 Å². The number of aryl methyl sites for hydroxylation is 1. The highest BCUT2D eigenvalue weighted by Gasteiger charge is 2.22. The molecule has 0 aliphatic rings. The van der Waals surface area contributed by atoms with Crippen molar-refractivity contribution in [3.63, 3.8) is 0 Å². The van der Waals surface area contributed by atoms with Crippen molar-refractivity contribution in [2.24, 2.45) is 5.73 Å². The van der Waals surface area contributed by atoms with Crippen molar-refractivity contribution in [2.75, 3.05) is 11.9 Å². The zero-order valence-corrected chi connectivity index (χ0v) is 23.2. The van der Waals surface area contributed by atoms with Crippen molar-refractivity contribution in [3.05, 3.63) is 88.5 Å². The maximum atomic E-state index is 6.51. The lowest BCUT2D eigenvalue weighted by Crippen LogP contribution is -2.31. The highest BCUT2D eigenvalue weighted by atomic mass is 35.5. The summed E-state index contributed by atoms with van der Waals surface area (Å²) in [6.07, 6.45) is 4.28. The molecule has 0 spiro atoms. The summed E-state index contributed by atoms with van der Waals surface area (Å²) in [5.74, 6) is 2.15. The molecule has 0 saturated carbocycles. The SMILES string of the molecule is Cc1sc2c(NCC(N)Cc3ccccc3)nc(-c3ccncc3)nc2c1-c1cc(Cl)ccc1OC(C)C. The van der Waals surface area contributed by atoms with Gasteiger partial charge in [0, 0.05) is 51.6 Å². The summed E-state index contributed by atoms with van der Waals surface area (Å²) in [5, 5.41) is 4.17. The summed E-state index contributed by atoms with van der Waals surface area (Å²) < 4.78 is 7.14. The van der Waals surface area contributed by atoms with Crippen LogP contribution in [0.3, 0.4) is 0 Å². The number of ether oxygens (including phenoxy) is 1. The minimum atomic E-state index is -0.0775. The summed E-state index contributed by atoms with van der Waals surface area (Å²) in [6.45, 7) is 6.70. The molecule has 0 bridgehead atoms. The molecule has 0 saturated heterocycles. The summed E-state index contributed by atoms with van der Waals surface area (Å²) in [6, 6.07) is 19.8. The molecule has 194 valence electrons. The molecule has 1 unspecified atom stereocenters. The van der Waals surface area contributed by atoms with Gasteiger partial charge in [-0.2, -0.15) is 0 Å². The van der Waals surface area contributed by atoms with Gasteiger partial charge in [-0.15, -0.1) is 11.3 Å². The lowest BCUT2D eigenvalue weighted by molar-refractivity contribution is 0.243. The molecule has 8 heteroatoms.